The number of rotatable bonds is 1. The molecule has 0 unspecified atom stereocenters. The molecule has 1 aromatic carbocycles. The fraction of sp³-hybridized carbons (Fsp3) is 0.385. The molecule has 0 amide bonds. The Morgan fingerprint density at radius 2 is 2.07 bits per heavy atom. The maximum atomic E-state index is 5.56. The van der Waals surface area contributed by atoms with Crippen molar-refractivity contribution in [1.82, 2.24) is 0 Å². The second-order valence-electron chi connectivity index (χ2n) is 4.13. The van der Waals surface area contributed by atoms with Gasteiger partial charge >= 0.3 is 0 Å². The Bertz CT molecular complexity index is 375. The van der Waals surface area contributed by atoms with E-state index in [1.54, 1.807) is 6.26 Å². The summed E-state index contributed by atoms with van der Waals surface area (Å²) in [6, 6.07) is 4.37. The molecular formula is C13H16O. The lowest BCUT2D eigenvalue weighted by Crippen LogP contribution is -2.04. The summed E-state index contributed by atoms with van der Waals surface area (Å²) in [6.45, 7) is 6.55. The van der Waals surface area contributed by atoms with Gasteiger partial charge in [-0.2, -0.15) is 0 Å². The predicted molar refractivity (Wildman–Crippen MR) is 58.7 cm³/mol. The van der Waals surface area contributed by atoms with Crippen molar-refractivity contribution in [2.24, 2.45) is 0 Å². The van der Waals surface area contributed by atoms with Crippen LogP contribution in [0.15, 0.2) is 24.5 Å². The van der Waals surface area contributed by atoms with E-state index in [-0.39, 0.29) is 0 Å². The molecule has 14 heavy (non-hydrogen) atoms. The van der Waals surface area contributed by atoms with Gasteiger partial charge in [0.25, 0.3) is 0 Å². The van der Waals surface area contributed by atoms with E-state index in [2.05, 4.69) is 39.0 Å². The van der Waals surface area contributed by atoms with Crippen molar-refractivity contribution < 1.29 is 4.74 Å². The van der Waals surface area contributed by atoms with Crippen LogP contribution in [0, 0.1) is 6.92 Å². The minimum Gasteiger partial charge on any atom is -0.465 e. The maximum absolute atomic E-state index is 5.56. The molecule has 0 spiro atoms. The lowest BCUT2D eigenvalue weighted by atomic mass is 9.92. The van der Waals surface area contributed by atoms with Gasteiger partial charge in [-0.3, -0.25) is 0 Å². The van der Waals surface area contributed by atoms with Crippen molar-refractivity contribution in [3.05, 3.63) is 41.2 Å². The van der Waals surface area contributed by atoms with Crippen LogP contribution in [0.2, 0.25) is 0 Å². The van der Waals surface area contributed by atoms with E-state index in [1.165, 1.54) is 16.7 Å². The average molecular weight is 188 g/mol. The molecule has 0 saturated carbocycles. The fourth-order valence-corrected chi connectivity index (χ4v) is 1.96. The van der Waals surface area contributed by atoms with E-state index in [9.17, 15) is 0 Å². The molecule has 0 fully saturated rings. The van der Waals surface area contributed by atoms with E-state index in [1.807, 2.05) is 0 Å². The van der Waals surface area contributed by atoms with Crippen LogP contribution in [0.4, 0.5) is 0 Å². The predicted octanol–water partition coefficient (Wildman–Crippen LogP) is 3.57. The van der Waals surface area contributed by atoms with Crippen LogP contribution in [0.25, 0.3) is 0 Å². The Labute approximate surface area is 85.4 Å². The number of hydrogen-bond acceptors (Lipinski definition) is 1. The molecule has 0 aliphatic carbocycles. The summed E-state index contributed by atoms with van der Waals surface area (Å²) in [4.78, 5) is 0. The molecule has 1 aromatic rings. The summed E-state index contributed by atoms with van der Waals surface area (Å²) < 4.78 is 5.56. The molecule has 0 bridgehead atoms. The van der Waals surface area contributed by atoms with Gasteiger partial charge in [-0.25, -0.2) is 0 Å². The molecule has 0 atom stereocenters. The summed E-state index contributed by atoms with van der Waals surface area (Å²) in [5, 5.41) is 0. The molecule has 1 heteroatoms. The van der Waals surface area contributed by atoms with E-state index in [0.717, 1.165) is 12.2 Å². The summed E-state index contributed by atoms with van der Waals surface area (Å²) in [5.41, 5.74) is 4.01. The van der Waals surface area contributed by atoms with E-state index >= 15 is 0 Å². The molecule has 0 saturated heterocycles. The van der Waals surface area contributed by atoms with Gasteiger partial charge in [0.1, 0.15) is 5.75 Å². The van der Waals surface area contributed by atoms with Crippen LogP contribution in [0.3, 0.4) is 0 Å². The minimum atomic E-state index is 0.569. The second-order valence-corrected chi connectivity index (χ2v) is 4.13. The lowest BCUT2D eigenvalue weighted by Gasteiger charge is -2.20. The first-order valence-corrected chi connectivity index (χ1v) is 5.14. The van der Waals surface area contributed by atoms with Gasteiger partial charge < -0.3 is 4.74 Å². The number of aryl methyl sites for hydroxylation is 1. The van der Waals surface area contributed by atoms with Crippen molar-refractivity contribution in [1.29, 1.82) is 0 Å². The molecular weight excluding hydrogens is 172 g/mol. The zero-order valence-corrected chi connectivity index (χ0v) is 9.00. The lowest BCUT2D eigenvalue weighted by molar-refractivity contribution is 0.459. The fourth-order valence-electron chi connectivity index (χ4n) is 1.96. The van der Waals surface area contributed by atoms with Gasteiger partial charge in [-0.1, -0.05) is 26.0 Å². The van der Waals surface area contributed by atoms with Crippen LogP contribution in [-0.4, -0.2) is 0 Å². The van der Waals surface area contributed by atoms with Crippen molar-refractivity contribution in [3.63, 3.8) is 0 Å². The topological polar surface area (TPSA) is 9.23 Å². The Morgan fingerprint density at radius 3 is 2.79 bits per heavy atom. The van der Waals surface area contributed by atoms with Crippen LogP contribution < -0.4 is 4.74 Å². The van der Waals surface area contributed by atoms with Gasteiger partial charge in [0, 0.05) is 5.56 Å². The maximum Gasteiger partial charge on any atom is 0.133 e. The van der Waals surface area contributed by atoms with Crippen molar-refractivity contribution >= 4 is 0 Å². The molecule has 1 aliphatic heterocycles. The van der Waals surface area contributed by atoms with Crippen LogP contribution in [-0.2, 0) is 6.42 Å². The highest BCUT2D eigenvalue weighted by atomic mass is 16.5. The van der Waals surface area contributed by atoms with Crippen molar-refractivity contribution in [3.8, 4) is 5.75 Å². The summed E-state index contributed by atoms with van der Waals surface area (Å²) in [5.74, 6) is 1.64. The molecule has 0 N–H and O–H groups in total. The molecule has 1 nitrogen and oxygen atoms in total. The second kappa shape index (κ2) is 3.49. The molecule has 74 valence electrons. The van der Waals surface area contributed by atoms with Gasteiger partial charge in [-0.05, 0) is 36.5 Å². The number of fused-ring (bicyclic) bond motifs is 1. The average Bonchev–Trinajstić information content (AvgIpc) is 2.18. The standard InChI is InChI=1S/C13H16O/c1-9(2)11-7-6-10(3)13-12(11)5-4-8-14-13/h4,6-9H,5H2,1-3H3. The summed E-state index contributed by atoms with van der Waals surface area (Å²) in [6.07, 6.45) is 4.87. The summed E-state index contributed by atoms with van der Waals surface area (Å²) >= 11 is 0. The van der Waals surface area contributed by atoms with Crippen LogP contribution in [0.1, 0.15) is 36.5 Å². The van der Waals surface area contributed by atoms with E-state index in [4.69, 9.17) is 4.74 Å². The van der Waals surface area contributed by atoms with E-state index < -0.39 is 0 Å². The Morgan fingerprint density at radius 1 is 1.29 bits per heavy atom. The van der Waals surface area contributed by atoms with E-state index in [0.29, 0.717) is 5.92 Å². The highest BCUT2D eigenvalue weighted by Gasteiger charge is 2.15. The molecule has 0 aromatic heterocycles. The van der Waals surface area contributed by atoms with Gasteiger partial charge in [0.05, 0.1) is 6.26 Å². The van der Waals surface area contributed by atoms with Crippen molar-refractivity contribution in [2.75, 3.05) is 0 Å². The molecule has 0 radical (unpaired) electrons. The summed E-state index contributed by atoms with van der Waals surface area (Å²) in [7, 11) is 0. The minimum absolute atomic E-state index is 0.569. The largest absolute Gasteiger partial charge is 0.465 e. The first-order valence-electron chi connectivity index (χ1n) is 5.14. The molecule has 1 aliphatic rings. The SMILES string of the molecule is Cc1ccc(C(C)C)c2c1OC=CC2. The Balaban J connectivity index is 2.57. The normalized spacial score (nSPS) is 14.0. The van der Waals surface area contributed by atoms with Gasteiger partial charge in [0.2, 0.25) is 0 Å². The third-order valence-electron chi connectivity index (χ3n) is 2.72. The quantitative estimate of drug-likeness (QED) is 0.654. The molecule has 1 heterocycles. The van der Waals surface area contributed by atoms with Gasteiger partial charge in [-0.15, -0.1) is 0 Å². The van der Waals surface area contributed by atoms with Gasteiger partial charge in [0.15, 0.2) is 0 Å². The number of hydrogen-bond donors (Lipinski definition) is 0. The zero-order valence-electron chi connectivity index (χ0n) is 9.00. The van der Waals surface area contributed by atoms with Crippen molar-refractivity contribution in [2.45, 2.75) is 33.1 Å². The molecule has 2 rings (SSSR count). The Hall–Kier alpha value is -1.24. The third-order valence-corrected chi connectivity index (χ3v) is 2.72. The Kier molecular flexibility index (Phi) is 2.32. The smallest absolute Gasteiger partial charge is 0.133 e. The van der Waals surface area contributed by atoms with Crippen LogP contribution >= 0.6 is 0 Å². The first-order chi connectivity index (χ1) is 6.70. The highest BCUT2D eigenvalue weighted by Crippen LogP contribution is 2.33. The zero-order chi connectivity index (χ0) is 10.1. The third kappa shape index (κ3) is 1.43. The van der Waals surface area contributed by atoms with Crippen LogP contribution in [0.5, 0.6) is 5.75 Å². The number of ether oxygens (including phenoxy) is 1. The number of benzene rings is 1. The highest BCUT2D eigenvalue weighted by molar-refractivity contribution is 5.49. The number of allylic oxidation sites excluding steroid dienone is 1. The monoisotopic (exact) mass is 188 g/mol. The first kappa shape index (κ1) is 9.32.